The molecule has 21 heavy (non-hydrogen) atoms. The number of aromatic nitrogens is 1. The van der Waals surface area contributed by atoms with Gasteiger partial charge in [-0.1, -0.05) is 57.5 Å². The molecule has 1 heteroatoms. The van der Waals surface area contributed by atoms with E-state index in [0.717, 1.165) is 12.3 Å². The van der Waals surface area contributed by atoms with Crippen LogP contribution < -0.4 is 0 Å². The Kier molecular flexibility index (Phi) is 5.98. The average molecular weight is 281 g/mol. The second kappa shape index (κ2) is 7.97. The molecule has 0 saturated carbocycles. The highest BCUT2D eigenvalue weighted by Crippen LogP contribution is 2.20. The summed E-state index contributed by atoms with van der Waals surface area (Å²) in [5.41, 5.74) is 4.24. The third-order valence-corrected chi connectivity index (χ3v) is 4.03. The third-order valence-electron chi connectivity index (χ3n) is 4.03. The molecular formula is C20H27N. The maximum Gasteiger partial charge on any atom is 0.0302 e. The SMILES string of the molecule is CC(C)CCCc1cccc(CC(C)c2cccnc2)c1. The molecule has 0 bridgehead atoms. The number of rotatable bonds is 7. The summed E-state index contributed by atoms with van der Waals surface area (Å²) in [5.74, 6) is 1.32. The van der Waals surface area contributed by atoms with E-state index < -0.39 is 0 Å². The molecule has 2 aromatic rings. The van der Waals surface area contributed by atoms with Gasteiger partial charge in [0.05, 0.1) is 0 Å². The van der Waals surface area contributed by atoms with Gasteiger partial charge in [-0.3, -0.25) is 4.98 Å². The van der Waals surface area contributed by atoms with Crippen molar-refractivity contribution in [3.8, 4) is 0 Å². The van der Waals surface area contributed by atoms with Crippen molar-refractivity contribution in [3.63, 3.8) is 0 Å². The Balaban J connectivity index is 1.94. The van der Waals surface area contributed by atoms with Gasteiger partial charge in [0.15, 0.2) is 0 Å². The summed E-state index contributed by atoms with van der Waals surface area (Å²) in [6.45, 7) is 6.88. The topological polar surface area (TPSA) is 12.9 Å². The number of benzene rings is 1. The molecule has 0 spiro atoms. The summed E-state index contributed by atoms with van der Waals surface area (Å²) in [4.78, 5) is 4.22. The summed E-state index contributed by atoms with van der Waals surface area (Å²) in [6, 6.07) is 13.3. The molecule has 1 heterocycles. The Hall–Kier alpha value is -1.63. The fraction of sp³-hybridized carbons (Fsp3) is 0.450. The molecule has 112 valence electrons. The van der Waals surface area contributed by atoms with Gasteiger partial charge in [0.1, 0.15) is 0 Å². The second-order valence-electron chi connectivity index (χ2n) is 6.50. The summed E-state index contributed by atoms with van der Waals surface area (Å²) < 4.78 is 0. The molecule has 1 atom stereocenters. The summed E-state index contributed by atoms with van der Waals surface area (Å²) in [7, 11) is 0. The van der Waals surface area contributed by atoms with Crippen molar-refractivity contribution in [1.82, 2.24) is 4.98 Å². The highest BCUT2D eigenvalue weighted by atomic mass is 14.6. The van der Waals surface area contributed by atoms with E-state index in [1.165, 1.54) is 36.0 Å². The zero-order valence-corrected chi connectivity index (χ0v) is 13.5. The second-order valence-corrected chi connectivity index (χ2v) is 6.50. The van der Waals surface area contributed by atoms with Crippen LogP contribution in [-0.2, 0) is 12.8 Å². The minimum absolute atomic E-state index is 0.518. The minimum Gasteiger partial charge on any atom is -0.264 e. The molecule has 1 aromatic carbocycles. The lowest BCUT2D eigenvalue weighted by atomic mass is 9.93. The predicted octanol–water partition coefficient (Wildman–Crippen LogP) is 5.41. The van der Waals surface area contributed by atoms with Crippen LogP contribution in [0, 0.1) is 5.92 Å². The van der Waals surface area contributed by atoms with Crippen LogP contribution in [0.25, 0.3) is 0 Å². The van der Waals surface area contributed by atoms with E-state index in [0.29, 0.717) is 5.92 Å². The van der Waals surface area contributed by atoms with Crippen LogP contribution in [0.1, 0.15) is 56.2 Å². The van der Waals surface area contributed by atoms with E-state index in [1.54, 1.807) is 0 Å². The summed E-state index contributed by atoms with van der Waals surface area (Å²) in [6.07, 6.45) is 8.72. The van der Waals surface area contributed by atoms with Crippen LogP contribution >= 0.6 is 0 Å². The molecule has 2 rings (SSSR count). The van der Waals surface area contributed by atoms with Crippen molar-refractivity contribution in [2.45, 2.75) is 52.4 Å². The first-order chi connectivity index (χ1) is 10.1. The smallest absolute Gasteiger partial charge is 0.0302 e. The normalized spacial score (nSPS) is 12.6. The Morgan fingerprint density at radius 2 is 1.81 bits per heavy atom. The van der Waals surface area contributed by atoms with E-state index in [9.17, 15) is 0 Å². The third kappa shape index (κ3) is 5.34. The van der Waals surface area contributed by atoms with Gasteiger partial charge in [-0.05, 0) is 53.9 Å². The number of pyridine rings is 1. The Bertz CT molecular complexity index is 531. The molecule has 1 nitrogen and oxygen atoms in total. The Morgan fingerprint density at radius 3 is 2.52 bits per heavy atom. The van der Waals surface area contributed by atoms with Crippen molar-refractivity contribution in [1.29, 1.82) is 0 Å². The summed E-state index contributed by atoms with van der Waals surface area (Å²) in [5, 5.41) is 0. The van der Waals surface area contributed by atoms with E-state index >= 15 is 0 Å². The zero-order chi connectivity index (χ0) is 15.1. The van der Waals surface area contributed by atoms with Gasteiger partial charge >= 0.3 is 0 Å². The van der Waals surface area contributed by atoms with Crippen LogP contribution in [0.5, 0.6) is 0 Å². The number of hydrogen-bond donors (Lipinski definition) is 0. The molecule has 0 fully saturated rings. The standard InChI is InChI=1S/C20H27N/c1-16(2)7-4-8-18-9-5-10-19(14-18)13-17(3)20-11-6-12-21-15-20/h5-6,9-12,14-17H,4,7-8,13H2,1-3H3. The first kappa shape index (κ1) is 15.8. The first-order valence-corrected chi connectivity index (χ1v) is 8.13. The van der Waals surface area contributed by atoms with E-state index in [-0.39, 0.29) is 0 Å². The maximum atomic E-state index is 4.22. The van der Waals surface area contributed by atoms with Gasteiger partial charge in [0.2, 0.25) is 0 Å². The van der Waals surface area contributed by atoms with Crippen molar-refractivity contribution in [3.05, 3.63) is 65.5 Å². The minimum atomic E-state index is 0.518. The number of nitrogens with zero attached hydrogens (tertiary/aromatic N) is 1. The van der Waals surface area contributed by atoms with Gasteiger partial charge in [-0.25, -0.2) is 0 Å². The maximum absolute atomic E-state index is 4.22. The van der Waals surface area contributed by atoms with Crippen LogP contribution in [0.3, 0.4) is 0 Å². The van der Waals surface area contributed by atoms with Crippen molar-refractivity contribution >= 4 is 0 Å². The van der Waals surface area contributed by atoms with Gasteiger partial charge < -0.3 is 0 Å². The summed E-state index contributed by atoms with van der Waals surface area (Å²) >= 11 is 0. The molecule has 0 aliphatic heterocycles. The van der Waals surface area contributed by atoms with Crippen LogP contribution in [-0.4, -0.2) is 4.98 Å². The first-order valence-electron chi connectivity index (χ1n) is 8.13. The van der Waals surface area contributed by atoms with Crippen LogP contribution in [0.2, 0.25) is 0 Å². The number of aryl methyl sites for hydroxylation is 1. The monoisotopic (exact) mass is 281 g/mol. The molecule has 0 radical (unpaired) electrons. The molecule has 0 aliphatic rings. The predicted molar refractivity (Wildman–Crippen MR) is 90.6 cm³/mol. The highest BCUT2D eigenvalue weighted by molar-refractivity contribution is 5.26. The lowest BCUT2D eigenvalue weighted by molar-refractivity contribution is 0.555. The van der Waals surface area contributed by atoms with Gasteiger partial charge in [0, 0.05) is 12.4 Å². The Labute approximate surface area is 129 Å². The molecule has 0 N–H and O–H groups in total. The zero-order valence-electron chi connectivity index (χ0n) is 13.5. The lowest BCUT2D eigenvalue weighted by Crippen LogP contribution is -2.00. The van der Waals surface area contributed by atoms with Crippen molar-refractivity contribution < 1.29 is 0 Å². The molecular weight excluding hydrogens is 254 g/mol. The molecule has 0 saturated heterocycles. The van der Waals surface area contributed by atoms with Crippen LogP contribution in [0.15, 0.2) is 48.8 Å². The van der Waals surface area contributed by atoms with Gasteiger partial charge in [-0.15, -0.1) is 0 Å². The highest BCUT2D eigenvalue weighted by Gasteiger charge is 2.07. The fourth-order valence-electron chi connectivity index (χ4n) is 2.77. The fourth-order valence-corrected chi connectivity index (χ4v) is 2.77. The van der Waals surface area contributed by atoms with Crippen LogP contribution in [0.4, 0.5) is 0 Å². The van der Waals surface area contributed by atoms with E-state index in [4.69, 9.17) is 0 Å². The number of hydrogen-bond acceptors (Lipinski definition) is 1. The van der Waals surface area contributed by atoms with Crippen molar-refractivity contribution in [2.75, 3.05) is 0 Å². The van der Waals surface area contributed by atoms with E-state index in [1.807, 2.05) is 18.5 Å². The van der Waals surface area contributed by atoms with Crippen molar-refractivity contribution in [2.24, 2.45) is 5.92 Å². The van der Waals surface area contributed by atoms with Gasteiger partial charge in [0.25, 0.3) is 0 Å². The molecule has 0 amide bonds. The van der Waals surface area contributed by atoms with Gasteiger partial charge in [-0.2, -0.15) is 0 Å². The molecule has 1 aromatic heterocycles. The lowest BCUT2D eigenvalue weighted by Gasteiger charge is -2.12. The average Bonchev–Trinajstić information content (AvgIpc) is 2.48. The largest absolute Gasteiger partial charge is 0.264 e. The molecule has 0 aliphatic carbocycles. The Morgan fingerprint density at radius 1 is 1.00 bits per heavy atom. The molecule has 1 unspecified atom stereocenters. The van der Waals surface area contributed by atoms with E-state index in [2.05, 4.69) is 56.1 Å². The quantitative estimate of drug-likeness (QED) is 0.661.